The minimum Gasteiger partial charge on any atom is -0.254 e. The highest BCUT2D eigenvalue weighted by molar-refractivity contribution is 6.18. The van der Waals surface area contributed by atoms with E-state index in [1.807, 2.05) is 12.4 Å². The number of benzene rings is 4. The molecule has 4 rings (SSSR count). The second-order valence-corrected chi connectivity index (χ2v) is 9.14. The number of rotatable bonds is 5. The Labute approximate surface area is 203 Å². The molecule has 4 aromatic rings. The van der Waals surface area contributed by atoms with Crippen molar-refractivity contribution in [1.29, 1.82) is 0 Å². The zero-order valence-corrected chi connectivity index (χ0v) is 21.0. The quantitative estimate of drug-likeness (QED) is 0.274. The minimum absolute atomic E-state index is 0.992. The second-order valence-electron chi connectivity index (χ2n) is 9.14. The van der Waals surface area contributed by atoms with Crippen LogP contribution >= 0.6 is 0 Å². The smallest absolute Gasteiger partial charge is 0.0738 e. The van der Waals surface area contributed by atoms with Gasteiger partial charge < -0.3 is 0 Å². The molecule has 0 aromatic heterocycles. The van der Waals surface area contributed by atoms with Gasteiger partial charge in [0.05, 0.1) is 11.4 Å². The molecular formula is C32H32N2. The Morgan fingerprint density at radius 1 is 0.441 bits per heavy atom. The third kappa shape index (κ3) is 4.92. The third-order valence-corrected chi connectivity index (χ3v) is 6.23. The van der Waals surface area contributed by atoms with Crippen LogP contribution < -0.4 is 0 Å². The molecule has 0 atom stereocenters. The fourth-order valence-electron chi connectivity index (χ4n) is 4.64. The number of hydrogen-bond acceptors (Lipinski definition) is 2. The van der Waals surface area contributed by atoms with Crippen LogP contribution in [0.5, 0.6) is 0 Å². The Kier molecular flexibility index (Phi) is 6.88. The molecule has 0 amide bonds. The second kappa shape index (κ2) is 10.0. The van der Waals surface area contributed by atoms with E-state index in [1.165, 1.54) is 33.4 Å². The lowest BCUT2D eigenvalue weighted by atomic mass is 9.95. The van der Waals surface area contributed by atoms with Crippen LogP contribution in [0, 0.1) is 41.5 Å². The first-order chi connectivity index (χ1) is 16.3. The molecule has 0 aliphatic carbocycles. The average Bonchev–Trinajstić information content (AvgIpc) is 2.79. The van der Waals surface area contributed by atoms with E-state index in [-0.39, 0.29) is 0 Å². The summed E-state index contributed by atoms with van der Waals surface area (Å²) >= 11 is 0. The molecule has 0 aliphatic rings. The Bertz CT molecular complexity index is 1300. The van der Waals surface area contributed by atoms with E-state index in [1.54, 1.807) is 0 Å². The lowest BCUT2D eigenvalue weighted by molar-refractivity contribution is 1.33. The van der Waals surface area contributed by atoms with Crippen molar-refractivity contribution in [2.45, 2.75) is 41.5 Å². The van der Waals surface area contributed by atoms with Crippen LogP contribution in [-0.2, 0) is 0 Å². The fraction of sp³-hybridized carbons (Fsp3) is 0.188. The van der Waals surface area contributed by atoms with Crippen molar-refractivity contribution in [2.24, 2.45) is 9.98 Å². The van der Waals surface area contributed by atoms with Crippen LogP contribution in [0.2, 0.25) is 0 Å². The summed E-state index contributed by atoms with van der Waals surface area (Å²) < 4.78 is 0. The maximum Gasteiger partial charge on any atom is 0.0738 e. The van der Waals surface area contributed by atoms with E-state index in [0.717, 1.165) is 33.6 Å². The van der Waals surface area contributed by atoms with Crippen LogP contribution in [0.3, 0.4) is 0 Å². The van der Waals surface area contributed by atoms with Gasteiger partial charge in [-0.1, -0.05) is 71.8 Å². The summed E-state index contributed by atoms with van der Waals surface area (Å²) in [6, 6.07) is 25.8. The van der Waals surface area contributed by atoms with Crippen LogP contribution in [0.4, 0.5) is 11.4 Å². The van der Waals surface area contributed by atoms with Gasteiger partial charge in [0, 0.05) is 23.6 Å². The van der Waals surface area contributed by atoms with E-state index >= 15 is 0 Å². The minimum atomic E-state index is 0.992. The van der Waals surface area contributed by atoms with Crippen LogP contribution in [-0.4, -0.2) is 12.4 Å². The summed E-state index contributed by atoms with van der Waals surface area (Å²) in [5, 5.41) is 0. The van der Waals surface area contributed by atoms with Gasteiger partial charge in [0.2, 0.25) is 0 Å². The van der Waals surface area contributed by atoms with Crippen LogP contribution in [0.15, 0.2) is 82.8 Å². The molecular weight excluding hydrogens is 412 g/mol. The molecule has 170 valence electrons. The molecule has 2 nitrogen and oxygen atoms in total. The van der Waals surface area contributed by atoms with Gasteiger partial charge >= 0.3 is 0 Å². The zero-order chi connectivity index (χ0) is 24.2. The first-order valence-electron chi connectivity index (χ1n) is 11.8. The van der Waals surface area contributed by atoms with Gasteiger partial charge in [0.15, 0.2) is 0 Å². The van der Waals surface area contributed by atoms with Crippen molar-refractivity contribution in [2.75, 3.05) is 0 Å². The maximum absolute atomic E-state index is 4.87. The van der Waals surface area contributed by atoms with Crippen molar-refractivity contribution in [3.63, 3.8) is 0 Å². The van der Waals surface area contributed by atoms with Gasteiger partial charge in [-0.15, -0.1) is 0 Å². The number of hydrogen-bond donors (Lipinski definition) is 0. The summed E-state index contributed by atoms with van der Waals surface area (Å²) in [5.41, 5.74) is 14.0. The molecule has 0 heterocycles. The Balaban J connectivity index is 1.74. The van der Waals surface area contributed by atoms with Crippen molar-refractivity contribution >= 4 is 23.8 Å². The Morgan fingerprint density at radius 2 is 0.824 bits per heavy atom. The fourth-order valence-corrected chi connectivity index (χ4v) is 4.64. The van der Waals surface area contributed by atoms with E-state index in [4.69, 9.17) is 9.98 Å². The molecule has 0 spiro atoms. The molecule has 0 bridgehead atoms. The molecule has 4 aromatic carbocycles. The van der Waals surface area contributed by atoms with Crippen molar-refractivity contribution < 1.29 is 0 Å². The molecule has 0 radical (unpaired) electrons. The first kappa shape index (κ1) is 23.4. The highest BCUT2D eigenvalue weighted by Gasteiger charge is 2.11. The Hall–Kier alpha value is -3.78. The van der Waals surface area contributed by atoms with Gasteiger partial charge in [0.25, 0.3) is 0 Å². The SMILES string of the molecule is Cc1cc(C)c(N=CC=Nc2c(C)cc(C)cc2-c2ccccc2C)c(-c2ccccc2C)c1. The topological polar surface area (TPSA) is 24.7 Å². The van der Waals surface area contributed by atoms with E-state index in [2.05, 4.69) is 114 Å². The van der Waals surface area contributed by atoms with Crippen molar-refractivity contribution in [3.8, 4) is 22.3 Å². The highest BCUT2D eigenvalue weighted by Crippen LogP contribution is 2.37. The number of aliphatic imine (C=N–C) groups is 2. The third-order valence-electron chi connectivity index (χ3n) is 6.23. The molecule has 2 heteroatoms. The average molecular weight is 445 g/mol. The summed E-state index contributed by atoms with van der Waals surface area (Å²) in [6.45, 7) is 12.8. The number of aryl methyl sites for hydroxylation is 6. The predicted octanol–water partition coefficient (Wildman–Crippen LogP) is 8.98. The van der Waals surface area contributed by atoms with Gasteiger partial charge in [-0.05, 0) is 87.1 Å². The van der Waals surface area contributed by atoms with Gasteiger partial charge in [0.1, 0.15) is 0 Å². The largest absolute Gasteiger partial charge is 0.254 e. The molecule has 0 unspecified atom stereocenters. The van der Waals surface area contributed by atoms with E-state index < -0.39 is 0 Å². The monoisotopic (exact) mass is 444 g/mol. The highest BCUT2D eigenvalue weighted by atomic mass is 14.8. The Morgan fingerprint density at radius 3 is 1.21 bits per heavy atom. The van der Waals surface area contributed by atoms with Gasteiger partial charge in [-0.25, -0.2) is 0 Å². The molecule has 0 saturated carbocycles. The van der Waals surface area contributed by atoms with Gasteiger partial charge in [-0.3, -0.25) is 9.98 Å². The molecule has 0 aliphatic heterocycles. The number of nitrogens with zero attached hydrogens (tertiary/aromatic N) is 2. The van der Waals surface area contributed by atoms with Crippen molar-refractivity contribution in [3.05, 3.63) is 106 Å². The molecule has 0 N–H and O–H groups in total. The van der Waals surface area contributed by atoms with Crippen LogP contribution in [0.25, 0.3) is 22.3 Å². The lowest BCUT2D eigenvalue weighted by Gasteiger charge is -2.13. The molecule has 0 saturated heterocycles. The summed E-state index contributed by atoms with van der Waals surface area (Å²) in [7, 11) is 0. The lowest BCUT2D eigenvalue weighted by Crippen LogP contribution is -1.90. The maximum atomic E-state index is 4.87. The standard InChI is InChI=1S/C32H32N2/c1-21-17-25(5)31(29(19-21)27-13-9-7-11-23(27)3)33-15-16-34-32-26(6)18-22(2)20-30(32)28-14-10-8-12-24(28)4/h7-20H,1-6H3. The molecule has 0 fully saturated rings. The summed E-state index contributed by atoms with van der Waals surface area (Å²) in [5.74, 6) is 0. The predicted molar refractivity (Wildman–Crippen MR) is 148 cm³/mol. The zero-order valence-electron chi connectivity index (χ0n) is 21.0. The van der Waals surface area contributed by atoms with E-state index in [0.29, 0.717) is 0 Å². The normalized spacial score (nSPS) is 11.6. The summed E-state index contributed by atoms with van der Waals surface area (Å²) in [4.78, 5) is 9.74. The summed E-state index contributed by atoms with van der Waals surface area (Å²) in [6.07, 6.45) is 3.64. The van der Waals surface area contributed by atoms with Crippen LogP contribution in [0.1, 0.15) is 33.4 Å². The first-order valence-corrected chi connectivity index (χ1v) is 11.8. The van der Waals surface area contributed by atoms with Crippen molar-refractivity contribution in [1.82, 2.24) is 0 Å². The van der Waals surface area contributed by atoms with Gasteiger partial charge in [-0.2, -0.15) is 0 Å². The molecule has 34 heavy (non-hydrogen) atoms. The van der Waals surface area contributed by atoms with E-state index in [9.17, 15) is 0 Å².